The van der Waals surface area contributed by atoms with Gasteiger partial charge in [-0.25, -0.2) is 18.6 Å². The van der Waals surface area contributed by atoms with Crippen LogP contribution in [0.5, 0.6) is 6.01 Å². The smallest absolute Gasteiger partial charge is 0.406 e. The molecule has 214 valence electrons. The summed E-state index contributed by atoms with van der Waals surface area (Å²) < 4.78 is 69.9. The highest BCUT2D eigenvalue weighted by Crippen LogP contribution is 2.33. The topological polar surface area (TPSA) is 93.5 Å². The third-order valence-electron chi connectivity index (χ3n) is 7.62. The van der Waals surface area contributed by atoms with Gasteiger partial charge in [-0.1, -0.05) is 24.3 Å². The van der Waals surface area contributed by atoms with E-state index in [-0.39, 0.29) is 43.5 Å². The highest BCUT2D eigenvalue weighted by molar-refractivity contribution is 5.87. The second-order valence-corrected chi connectivity index (χ2v) is 10.2. The highest BCUT2D eigenvalue weighted by atomic mass is 19.4. The monoisotopic (exact) mass is 564 g/mol. The molecule has 13 heteroatoms. The van der Waals surface area contributed by atoms with Crippen LogP contribution >= 0.6 is 0 Å². The van der Waals surface area contributed by atoms with Crippen LogP contribution in [0.1, 0.15) is 43.2 Å². The standard InChI is InChI=1S/C27H28F5N5O3/c28-19-5-3-4-18(23(19)29)16-8-9-21(24(38)36(14-16)15-27(30,31)32)34-25(39)35-12-10-17(11-13-35)37-22-7-2-1-6-20(22)33-26(37)40/h1-7,16-17,21H,8-15H2,(H,33,40)(H,34,39)/p-1/t16?,21-/m1/s1. The number of alkyl halides is 3. The molecule has 2 aliphatic rings. The summed E-state index contributed by atoms with van der Waals surface area (Å²) in [7, 11) is 0. The molecule has 3 aromatic rings. The van der Waals surface area contributed by atoms with E-state index in [1.807, 2.05) is 6.07 Å². The number of rotatable bonds is 4. The maximum absolute atomic E-state index is 14.5. The van der Waals surface area contributed by atoms with Gasteiger partial charge >= 0.3 is 12.2 Å². The van der Waals surface area contributed by atoms with Gasteiger partial charge in [-0.2, -0.15) is 13.2 Å². The summed E-state index contributed by atoms with van der Waals surface area (Å²) in [6.45, 7) is -1.53. The zero-order chi connectivity index (χ0) is 28.6. The van der Waals surface area contributed by atoms with Crippen LogP contribution in [-0.2, 0) is 4.79 Å². The van der Waals surface area contributed by atoms with E-state index >= 15 is 0 Å². The summed E-state index contributed by atoms with van der Waals surface area (Å²) in [5.41, 5.74) is 1.17. The highest BCUT2D eigenvalue weighted by Gasteiger charge is 2.40. The average molecular weight is 565 g/mol. The first-order chi connectivity index (χ1) is 19.0. The molecule has 2 aliphatic heterocycles. The second kappa shape index (κ2) is 10.9. The Bertz CT molecular complexity index is 1400. The first-order valence-electron chi connectivity index (χ1n) is 13.0. The number of hydrogen-bond acceptors (Lipinski definition) is 4. The molecule has 0 saturated carbocycles. The Morgan fingerprint density at radius 3 is 2.48 bits per heavy atom. The Kier molecular flexibility index (Phi) is 7.56. The fourth-order valence-electron chi connectivity index (χ4n) is 5.68. The van der Waals surface area contributed by atoms with E-state index < -0.39 is 54.8 Å². The summed E-state index contributed by atoms with van der Waals surface area (Å²) >= 11 is 0. The van der Waals surface area contributed by atoms with Gasteiger partial charge < -0.3 is 24.8 Å². The third-order valence-corrected chi connectivity index (χ3v) is 7.62. The Balaban J connectivity index is 1.27. The number of amides is 3. The van der Waals surface area contributed by atoms with E-state index in [0.717, 1.165) is 6.07 Å². The normalized spacial score (nSPS) is 21.1. The SMILES string of the molecule is O=C(N[C@@H]1CCC(c2cccc(F)c2F)CN(CC(F)(F)F)C1=O)N1CCC(n2c([O-])nc3ccccc32)CC1. The summed E-state index contributed by atoms with van der Waals surface area (Å²) in [5.74, 6) is -4.10. The molecule has 1 unspecified atom stereocenters. The number of likely N-dealkylation sites (tertiary alicyclic amines) is 2. The predicted molar refractivity (Wildman–Crippen MR) is 132 cm³/mol. The summed E-state index contributed by atoms with van der Waals surface area (Å²) in [6, 6.07) is 8.17. The van der Waals surface area contributed by atoms with Crippen LogP contribution in [0.4, 0.5) is 26.7 Å². The van der Waals surface area contributed by atoms with Gasteiger partial charge in [0.05, 0.1) is 17.0 Å². The van der Waals surface area contributed by atoms with Crippen molar-refractivity contribution in [1.29, 1.82) is 0 Å². The summed E-state index contributed by atoms with van der Waals surface area (Å²) in [4.78, 5) is 32.3. The Morgan fingerprint density at radius 1 is 1.02 bits per heavy atom. The van der Waals surface area contributed by atoms with E-state index in [2.05, 4.69) is 10.3 Å². The number of fused-ring (bicyclic) bond motifs is 1. The number of nitrogens with one attached hydrogen (secondary N) is 1. The van der Waals surface area contributed by atoms with Gasteiger partial charge in [-0.05, 0) is 49.4 Å². The third kappa shape index (κ3) is 5.68. The minimum atomic E-state index is -4.72. The lowest BCUT2D eigenvalue weighted by Gasteiger charge is -2.35. The molecule has 40 heavy (non-hydrogen) atoms. The summed E-state index contributed by atoms with van der Waals surface area (Å²) in [5, 5.41) is 15.0. The van der Waals surface area contributed by atoms with Gasteiger partial charge in [0.15, 0.2) is 11.6 Å². The van der Waals surface area contributed by atoms with Crippen LogP contribution < -0.4 is 10.4 Å². The number of imidazole rings is 1. The molecule has 1 N–H and O–H groups in total. The van der Waals surface area contributed by atoms with Gasteiger partial charge in [0.2, 0.25) is 5.91 Å². The lowest BCUT2D eigenvalue weighted by atomic mass is 9.93. The number of benzene rings is 2. The average Bonchev–Trinajstić information content (AvgIpc) is 3.18. The van der Waals surface area contributed by atoms with Crippen molar-refractivity contribution in [2.45, 2.75) is 49.9 Å². The fraction of sp³-hybridized carbons (Fsp3) is 0.444. The van der Waals surface area contributed by atoms with Crippen LogP contribution in [0, 0.1) is 11.6 Å². The minimum Gasteiger partial charge on any atom is -0.846 e. The van der Waals surface area contributed by atoms with Crippen molar-refractivity contribution < 1.29 is 36.6 Å². The maximum atomic E-state index is 14.5. The predicted octanol–water partition coefficient (Wildman–Crippen LogP) is 4.07. The molecule has 2 atom stereocenters. The van der Waals surface area contributed by atoms with Crippen molar-refractivity contribution in [2.24, 2.45) is 0 Å². The van der Waals surface area contributed by atoms with Crippen molar-refractivity contribution in [3.63, 3.8) is 0 Å². The van der Waals surface area contributed by atoms with E-state index in [4.69, 9.17) is 0 Å². The minimum absolute atomic E-state index is 0.0451. The molecule has 1 aromatic heterocycles. The number of carbonyl (C=O) groups is 2. The van der Waals surface area contributed by atoms with E-state index in [9.17, 15) is 36.6 Å². The summed E-state index contributed by atoms with van der Waals surface area (Å²) in [6.07, 6.45) is -3.81. The molecule has 0 aliphatic carbocycles. The van der Waals surface area contributed by atoms with E-state index in [1.54, 1.807) is 22.8 Å². The lowest BCUT2D eigenvalue weighted by Crippen LogP contribution is -2.54. The molecule has 2 saturated heterocycles. The molecule has 3 heterocycles. The van der Waals surface area contributed by atoms with Crippen LogP contribution in [0.3, 0.4) is 0 Å². The van der Waals surface area contributed by atoms with E-state index in [1.165, 1.54) is 17.0 Å². The van der Waals surface area contributed by atoms with Crippen molar-refractivity contribution in [2.75, 3.05) is 26.2 Å². The van der Waals surface area contributed by atoms with Crippen LogP contribution in [0.25, 0.3) is 11.0 Å². The zero-order valence-electron chi connectivity index (χ0n) is 21.3. The van der Waals surface area contributed by atoms with Crippen LogP contribution in [0.15, 0.2) is 42.5 Å². The van der Waals surface area contributed by atoms with Crippen LogP contribution in [-0.4, -0.2) is 69.7 Å². The number of para-hydroxylation sites is 2. The van der Waals surface area contributed by atoms with Crippen molar-refractivity contribution in [3.05, 3.63) is 59.7 Å². The Hall–Kier alpha value is -3.90. The van der Waals surface area contributed by atoms with Crippen molar-refractivity contribution >= 4 is 23.0 Å². The Labute approximate surface area is 226 Å². The van der Waals surface area contributed by atoms with Crippen molar-refractivity contribution in [3.8, 4) is 6.01 Å². The molecule has 2 aromatic carbocycles. The van der Waals surface area contributed by atoms with Crippen molar-refractivity contribution in [1.82, 2.24) is 24.7 Å². The largest absolute Gasteiger partial charge is 0.846 e. The lowest BCUT2D eigenvalue weighted by molar-refractivity contribution is -0.286. The molecular formula is C27H27F5N5O3-. The first kappa shape index (κ1) is 27.7. The van der Waals surface area contributed by atoms with Crippen LogP contribution in [0.2, 0.25) is 0 Å². The maximum Gasteiger partial charge on any atom is 0.406 e. The number of nitrogens with zero attached hydrogens (tertiary/aromatic N) is 4. The van der Waals surface area contributed by atoms with Gasteiger partial charge in [-0.15, -0.1) is 0 Å². The van der Waals surface area contributed by atoms with Gasteiger partial charge in [0, 0.05) is 31.6 Å². The zero-order valence-corrected chi connectivity index (χ0v) is 21.3. The number of piperidine rings is 1. The second-order valence-electron chi connectivity index (χ2n) is 10.2. The Morgan fingerprint density at radius 2 is 1.75 bits per heavy atom. The van der Waals surface area contributed by atoms with Gasteiger partial charge in [0.25, 0.3) is 0 Å². The first-order valence-corrected chi connectivity index (χ1v) is 13.0. The quantitative estimate of drug-likeness (QED) is 0.484. The number of urea groups is 1. The number of hydrogen-bond donors (Lipinski definition) is 1. The van der Waals surface area contributed by atoms with Gasteiger partial charge in [-0.3, -0.25) is 4.79 Å². The number of halogens is 5. The molecular weight excluding hydrogens is 537 g/mol. The number of aromatic nitrogens is 2. The number of carbonyl (C=O) groups excluding carboxylic acids is 2. The van der Waals surface area contributed by atoms with Gasteiger partial charge in [0.1, 0.15) is 12.6 Å². The molecule has 2 fully saturated rings. The molecule has 0 radical (unpaired) electrons. The molecule has 8 nitrogen and oxygen atoms in total. The molecule has 0 spiro atoms. The van der Waals surface area contributed by atoms with E-state index in [0.29, 0.717) is 28.8 Å². The molecule has 3 amide bonds. The molecule has 5 rings (SSSR count). The fourth-order valence-corrected chi connectivity index (χ4v) is 5.68. The molecule has 0 bridgehead atoms.